The number of carbonyl (C=O) groups is 2. The second kappa shape index (κ2) is 5.11. The summed E-state index contributed by atoms with van der Waals surface area (Å²) in [7, 11) is 0. The molecule has 1 heterocycles. The maximum Gasteiger partial charge on any atom is 0.326 e. The molecule has 86 valence electrons. The van der Waals surface area contributed by atoms with Gasteiger partial charge < -0.3 is 15.1 Å². The van der Waals surface area contributed by atoms with Crippen molar-refractivity contribution in [3.63, 3.8) is 0 Å². The van der Waals surface area contributed by atoms with Gasteiger partial charge >= 0.3 is 5.97 Å². The molecule has 5 nitrogen and oxygen atoms in total. The third-order valence-electron chi connectivity index (χ3n) is 2.63. The SMILES string of the molecule is CCCCC(=O)N1CC(O)C[C@H]1C(=O)O. The normalized spacial score (nSPS) is 25.6. The Morgan fingerprint density at radius 1 is 1.47 bits per heavy atom. The summed E-state index contributed by atoms with van der Waals surface area (Å²) >= 11 is 0. The lowest BCUT2D eigenvalue weighted by molar-refractivity contribution is -0.148. The number of unbranched alkanes of at least 4 members (excludes halogenated alkanes) is 1. The maximum atomic E-state index is 11.6. The molecule has 0 aromatic rings. The highest BCUT2D eigenvalue weighted by Crippen LogP contribution is 2.19. The molecule has 0 spiro atoms. The molecular formula is C10H17NO4. The number of rotatable bonds is 4. The van der Waals surface area contributed by atoms with E-state index in [4.69, 9.17) is 5.11 Å². The number of likely N-dealkylation sites (tertiary alicyclic amines) is 1. The van der Waals surface area contributed by atoms with E-state index in [1.165, 1.54) is 4.90 Å². The third-order valence-corrected chi connectivity index (χ3v) is 2.63. The van der Waals surface area contributed by atoms with Gasteiger partial charge in [-0.2, -0.15) is 0 Å². The summed E-state index contributed by atoms with van der Waals surface area (Å²) in [6.07, 6.45) is 1.48. The lowest BCUT2D eigenvalue weighted by Gasteiger charge is -2.20. The molecule has 2 atom stereocenters. The zero-order chi connectivity index (χ0) is 11.4. The fourth-order valence-electron chi connectivity index (χ4n) is 1.80. The summed E-state index contributed by atoms with van der Waals surface area (Å²) in [6, 6.07) is -0.843. The summed E-state index contributed by atoms with van der Waals surface area (Å²) in [6.45, 7) is 2.13. The van der Waals surface area contributed by atoms with E-state index in [1.54, 1.807) is 0 Å². The van der Waals surface area contributed by atoms with Crippen LogP contribution in [0.3, 0.4) is 0 Å². The molecule has 5 heteroatoms. The highest BCUT2D eigenvalue weighted by molar-refractivity contribution is 5.84. The van der Waals surface area contributed by atoms with Crippen molar-refractivity contribution in [3.05, 3.63) is 0 Å². The quantitative estimate of drug-likeness (QED) is 0.703. The van der Waals surface area contributed by atoms with Crippen LogP contribution < -0.4 is 0 Å². The Balaban J connectivity index is 2.58. The second-order valence-corrected chi connectivity index (χ2v) is 3.89. The smallest absolute Gasteiger partial charge is 0.326 e. The van der Waals surface area contributed by atoms with E-state index in [0.717, 1.165) is 12.8 Å². The number of nitrogens with zero attached hydrogens (tertiary/aromatic N) is 1. The van der Waals surface area contributed by atoms with Crippen molar-refractivity contribution in [2.45, 2.75) is 44.8 Å². The van der Waals surface area contributed by atoms with Crippen LogP contribution in [-0.4, -0.2) is 45.7 Å². The summed E-state index contributed by atoms with van der Waals surface area (Å²) < 4.78 is 0. The molecule has 0 bridgehead atoms. The van der Waals surface area contributed by atoms with E-state index < -0.39 is 18.1 Å². The number of aliphatic carboxylic acids is 1. The summed E-state index contributed by atoms with van der Waals surface area (Å²) in [4.78, 5) is 23.7. The minimum absolute atomic E-state index is 0.146. The van der Waals surface area contributed by atoms with Crippen LogP contribution >= 0.6 is 0 Å². The number of carboxylic acids is 1. The first-order chi connectivity index (χ1) is 7.06. The van der Waals surface area contributed by atoms with Crippen LogP contribution in [-0.2, 0) is 9.59 Å². The molecule has 1 amide bonds. The Labute approximate surface area is 88.7 Å². The minimum atomic E-state index is -1.03. The van der Waals surface area contributed by atoms with Crippen molar-refractivity contribution in [3.8, 4) is 0 Å². The van der Waals surface area contributed by atoms with Gasteiger partial charge in [0.15, 0.2) is 0 Å². The monoisotopic (exact) mass is 215 g/mol. The summed E-state index contributed by atoms with van der Waals surface area (Å²) in [5.74, 6) is -1.20. The zero-order valence-corrected chi connectivity index (χ0v) is 8.85. The number of aliphatic hydroxyl groups excluding tert-OH is 1. The van der Waals surface area contributed by atoms with Crippen molar-refractivity contribution >= 4 is 11.9 Å². The van der Waals surface area contributed by atoms with E-state index in [0.29, 0.717) is 6.42 Å². The first-order valence-electron chi connectivity index (χ1n) is 5.26. The maximum absolute atomic E-state index is 11.6. The van der Waals surface area contributed by atoms with Crippen LogP contribution in [0.25, 0.3) is 0 Å². The molecule has 1 aliphatic rings. The standard InChI is InChI=1S/C10H17NO4/c1-2-3-4-9(13)11-6-7(12)5-8(11)10(14)15/h7-8,12H,2-6H2,1H3,(H,14,15)/t7?,8-/m0/s1. The average molecular weight is 215 g/mol. The van der Waals surface area contributed by atoms with E-state index in [2.05, 4.69) is 0 Å². The Morgan fingerprint density at radius 3 is 2.67 bits per heavy atom. The van der Waals surface area contributed by atoms with E-state index in [-0.39, 0.29) is 18.9 Å². The molecule has 0 aromatic carbocycles. The molecule has 1 rings (SSSR count). The molecule has 0 aromatic heterocycles. The number of hydrogen-bond donors (Lipinski definition) is 2. The lowest BCUT2D eigenvalue weighted by Crippen LogP contribution is -2.40. The Morgan fingerprint density at radius 2 is 2.13 bits per heavy atom. The number of carboxylic acid groups (broad SMARTS) is 1. The van der Waals surface area contributed by atoms with Crippen LogP contribution in [0.5, 0.6) is 0 Å². The van der Waals surface area contributed by atoms with E-state index >= 15 is 0 Å². The van der Waals surface area contributed by atoms with Gasteiger partial charge in [0, 0.05) is 19.4 Å². The second-order valence-electron chi connectivity index (χ2n) is 3.89. The highest BCUT2D eigenvalue weighted by Gasteiger charge is 2.38. The van der Waals surface area contributed by atoms with Crippen LogP contribution in [0, 0.1) is 0 Å². The molecule has 2 N–H and O–H groups in total. The summed E-state index contributed by atoms with van der Waals surface area (Å²) in [5.41, 5.74) is 0. The van der Waals surface area contributed by atoms with Crippen LogP contribution in [0.15, 0.2) is 0 Å². The largest absolute Gasteiger partial charge is 0.480 e. The third kappa shape index (κ3) is 2.92. The van der Waals surface area contributed by atoms with Gasteiger partial charge in [0.2, 0.25) is 5.91 Å². The lowest BCUT2D eigenvalue weighted by atomic mass is 10.2. The van der Waals surface area contributed by atoms with Crippen molar-refractivity contribution in [1.82, 2.24) is 4.90 Å². The topological polar surface area (TPSA) is 77.8 Å². The van der Waals surface area contributed by atoms with Gasteiger partial charge in [0.25, 0.3) is 0 Å². The molecule has 1 unspecified atom stereocenters. The molecule has 1 aliphatic heterocycles. The predicted octanol–water partition coefficient (Wildman–Crippen LogP) is 0.223. The van der Waals surface area contributed by atoms with Crippen LogP contribution in [0.1, 0.15) is 32.6 Å². The van der Waals surface area contributed by atoms with Gasteiger partial charge in [-0.3, -0.25) is 4.79 Å². The molecular weight excluding hydrogens is 198 g/mol. The number of aliphatic hydroxyl groups is 1. The Bertz CT molecular complexity index is 254. The number of carbonyl (C=O) groups excluding carboxylic acids is 1. The molecule has 0 saturated carbocycles. The van der Waals surface area contributed by atoms with Crippen LogP contribution in [0.2, 0.25) is 0 Å². The Hall–Kier alpha value is -1.10. The fraction of sp³-hybridized carbons (Fsp3) is 0.800. The van der Waals surface area contributed by atoms with Crippen molar-refractivity contribution in [1.29, 1.82) is 0 Å². The molecule has 0 radical (unpaired) electrons. The van der Waals surface area contributed by atoms with Gasteiger partial charge in [-0.1, -0.05) is 13.3 Å². The van der Waals surface area contributed by atoms with E-state index in [1.807, 2.05) is 6.92 Å². The number of β-amino-alcohol motifs (C(OH)–C–C–N with tert-alkyl or cyclic N) is 1. The van der Waals surface area contributed by atoms with Crippen molar-refractivity contribution < 1.29 is 19.8 Å². The zero-order valence-electron chi connectivity index (χ0n) is 8.85. The average Bonchev–Trinajstić information content (AvgIpc) is 2.57. The Kier molecular flexibility index (Phi) is 4.08. The van der Waals surface area contributed by atoms with Gasteiger partial charge in [-0.15, -0.1) is 0 Å². The molecule has 1 saturated heterocycles. The first kappa shape index (κ1) is 12.0. The highest BCUT2D eigenvalue weighted by atomic mass is 16.4. The van der Waals surface area contributed by atoms with Gasteiger partial charge in [-0.25, -0.2) is 4.79 Å². The van der Waals surface area contributed by atoms with Gasteiger partial charge in [0.1, 0.15) is 6.04 Å². The molecule has 15 heavy (non-hydrogen) atoms. The van der Waals surface area contributed by atoms with Gasteiger partial charge in [0.05, 0.1) is 6.10 Å². The molecule has 1 fully saturated rings. The number of hydrogen-bond acceptors (Lipinski definition) is 3. The van der Waals surface area contributed by atoms with Crippen molar-refractivity contribution in [2.24, 2.45) is 0 Å². The van der Waals surface area contributed by atoms with E-state index in [9.17, 15) is 14.7 Å². The van der Waals surface area contributed by atoms with Crippen molar-refractivity contribution in [2.75, 3.05) is 6.54 Å². The fourth-order valence-corrected chi connectivity index (χ4v) is 1.80. The van der Waals surface area contributed by atoms with Gasteiger partial charge in [-0.05, 0) is 6.42 Å². The summed E-state index contributed by atoms with van der Waals surface area (Å²) in [5, 5.41) is 18.2. The minimum Gasteiger partial charge on any atom is -0.480 e. The first-order valence-corrected chi connectivity index (χ1v) is 5.26. The molecule has 0 aliphatic carbocycles. The predicted molar refractivity (Wildman–Crippen MR) is 53.3 cm³/mol. The number of amides is 1. The van der Waals surface area contributed by atoms with Crippen LogP contribution in [0.4, 0.5) is 0 Å².